The zero-order chi connectivity index (χ0) is 11.8. The fraction of sp³-hybridized carbons (Fsp3) is 0.167. The molecule has 0 amide bonds. The minimum atomic E-state index is -4.55. The Hall–Kier alpha value is -0.530. The van der Waals surface area contributed by atoms with Crippen molar-refractivity contribution < 1.29 is 21.6 Å². The summed E-state index contributed by atoms with van der Waals surface area (Å²) >= 11 is 5.23. The molecule has 3 nitrogen and oxygen atoms in total. The van der Waals surface area contributed by atoms with Gasteiger partial charge in [0.1, 0.15) is 0 Å². The van der Waals surface area contributed by atoms with Crippen LogP contribution in [-0.4, -0.2) is 13.4 Å². The topological polar surface area (TPSA) is 47.0 Å². The maximum absolute atomic E-state index is 13.2. The zero-order valence-corrected chi connectivity index (χ0v) is 9.04. The van der Waals surface area contributed by atoms with Crippen LogP contribution < -0.4 is 0 Å². The molecule has 0 fully saturated rings. The maximum Gasteiger partial charge on any atom is 0.268 e. The molecule has 0 saturated carbocycles. The highest BCUT2D eigenvalue weighted by molar-refractivity contribution is 8.13. The molecule has 0 saturated heterocycles. The van der Waals surface area contributed by atoms with Crippen molar-refractivity contribution in [3.8, 4) is 0 Å². The molecule has 0 aliphatic carbocycles. The van der Waals surface area contributed by atoms with Crippen molar-refractivity contribution in [2.45, 2.75) is 11.3 Å². The smallest absolute Gasteiger partial charge is 0.242 e. The summed E-state index contributed by atoms with van der Waals surface area (Å²) in [4.78, 5) is 1.88. The zero-order valence-electron chi connectivity index (χ0n) is 6.72. The third-order valence-electron chi connectivity index (χ3n) is 1.44. The first-order valence-electron chi connectivity index (χ1n) is 3.32. The average Bonchev–Trinajstić information content (AvgIpc) is 2.00. The molecule has 9 heteroatoms. The number of pyridine rings is 1. The molecular weight excluding hydrogens is 278 g/mol. The summed E-state index contributed by atoms with van der Waals surface area (Å²) in [5.74, 6) is -1.68. The Balaban J connectivity index is 3.59. The van der Waals surface area contributed by atoms with Crippen molar-refractivity contribution >= 4 is 31.3 Å². The van der Waals surface area contributed by atoms with Gasteiger partial charge in [0.15, 0.2) is 15.9 Å². The van der Waals surface area contributed by atoms with E-state index in [1.54, 1.807) is 0 Å². The van der Waals surface area contributed by atoms with Gasteiger partial charge in [-0.1, -0.05) is 11.6 Å². The number of hydrogen-bond donors (Lipinski definition) is 0. The molecule has 15 heavy (non-hydrogen) atoms. The van der Waals surface area contributed by atoms with Crippen LogP contribution in [0, 0.1) is 5.82 Å². The monoisotopic (exact) mass is 279 g/mol. The molecule has 1 aromatic heterocycles. The lowest BCUT2D eigenvalue weighted by Crippen LogP contribution is -2.03. The molecule has 0 aliphatic heterocycles. The molecule has 0 N–H and O–H groups in total. The quantitative estimate of drug-likeness (QED) is 0.618. The Kier molecular flexibility index (Phi) is 3.47. The summed E-state index contributed by atoms with van der Waals surface area (Å²) in [7, 11) is 0.258. The first kappa shape index (κ1) is 12.5. The van der Waals surface area contributed by atoms with E-state index in [0.717, 1.165) is 0 Å². The van der Waals surface area contributed by atoms with Crippen molar-refractivity contribution in [3.63, 3.8) is 0 Å². The van der Waals surface area contributed by atoms with Gasteiger partial charge < -0.3 is 0 Å². The van der Waals surface area contributed by atoms with Gasteiger partial charge in [-0.2, -0.15) is 0 Å². The van der Waals surface area contributed by atoms with Crippen molar-refractivity contribution in [1.29, 1.82) is 0 Å². The summed E-state index contributed by atoms with van der Waals surface area (Å²) in [6.45, 7) is 0. The highest BCUT2D eigenvalue weighted by atomic mass is 35.7. The summed E-state index contributed by atoms with van der Waals surface area (Å²) in [5.41, 5.74) is -1.17. The molecule has 1 aromatic rings. The lowest BCUT2D eigenvalue weighted by molar-refractivity contribution is 0.145. The van der Waals surface area contributed by atoms with Crippen LogP contribution in [0.25, 0.3) is 0 Å². The lowest BCUT2D eigenvalue weighted by Gasteiger charge is -2.05. The fourth-order valence-corrected chi connectivity index (χ4v) is 2.39. The van der Waals surface area contributed by atoms with Crippen LogP contribution >= 0.6 is 22.3 Å². The number of rotatable bonds is 2. The minimum absolute atomic E-state index is 0.452. The van der Waals surface area contributed by atoms with Gasteiger partial charge in [-0.3, -0.25) is 0 Å². The number of aromatic nitrogens is 1. The van der Waals surface area contributed by atoms with Gasteiger partial charge >= 0.3 is 0 Å². The van der Waals surface area contributed by atoms with Crippen molar-refractivity contribution in [3.05, 3.63) is 22.7 Å². The standard InChI is InChI=1S/C6H2Cl2F3NO2S/c7-5-4(15(8,13)14)3(9)2(1-12-5)6(10)11/h1,6H. The Bertz CT molecular complexity index is 491. The number of nitrogens with zero attached hydrogens (tertiary/aromatic N) is 1. The maximum atomic E-state index is 13.2. The largest absolute Gasteiger partial charge is 0.268 e. The van der Waals surface area contributed by atoms with Gasteiger partial charge in [-0.15, -0.1) is 0 Å². The Morgan fingerprint density at radius 3 is 2.33 bits per heavy atom. The normalized spacial score (nSPS) is 12.1. The summed E-state index contributed by atoms with van der Waals surface area (Å²) < 4.78 is 59.2. The third-order valence-corrected chi connectivity index (χ3v) is 3.16. The van der Waals surface area contributed by atoms with Crippen molar-refractivity contribution in [1.82, 2.24) is 4.98 Å². The molecule has 1 rings (SSSR count). The van der Waals surface area contributed by atoms with E-state index >= 15 is 0 Å². The van der Waals surface area contributed by atoms with E-state index in [-0.39, 0.29) is 0 Å². The van der Waals surface area contributed by atoms with E-state index in [1.807, 2.05) is 0 Å². The minimum Gasteiger partial charge on any atom is -0.242 e. The van der Waals surface area contributed by atoms with E-state index in [9.17, 15) is 21.6 Å². The Morgan fingerprint density at radius 2 is 1.93 bits per heavy atom. The summed E-state index contributed by atoms with van der Waals surface area (Å²) in [6, 6.07) is 0. The van der Waals surface area contributed by atoms with Crippen LogP contribution in [0.2, 0.25) is 5.15 Å². The molecule has 0 aliphatic rings. The van der Waals surface area contributed by atoms with Crippen LogP contribution in [0.15, 0.2) is 11.1 Å². The van der Waals surface area contributed by atoms with Gasteiger partial charge in [-0.25, -0.2) is 26.6 Å². The molecule has 0 unspecified atom stereocenters. The first-order valence-corrected chi connectivity index (χ1v) is 6.00. The van der Waals surface area contributed by atoms with E-state index in [1.165, 1.54) is 0 Å². The van der Waals surface area contributed by atoms with E-state index in [2.05, 4.69) is 4.98 Å². The van der Waals surface area contributed by atoms with Crippen LogP contribution in [0.1, 0.15) is 12.0 Å². The van der Waals surface area contributed by atoms with E-state index in [0.29, 0.717) is 6.20 Å². The predicted octanol–water partition coefficient (Wildman–Crippen LogP) is 2.74. The van der Waals surface area contributed by atoms with Crippen LogP contribution in [0.3, 0.4) is 0 Å². The van der Waals surface area contributed by atoms with Gasteiger partial charge in [0.05, 0.1) is 5.56 Å². The van der Waals surface area contributed by atoms with Gasteiger partial charge in [0, 0.05) is 16.9 Å². The van der Waals surface area contributed by atoms with E-state index in [4.69, 9.17) is 22.3 Å². The number of alkyl halides is 2. The molecule has 0 spiro atoms. The second-order valence-electron chi connectivity index (χ2n) is 2.39. The van der Waals surface area contributed by atoms with Gasteiger partial charge in [0.2, 0.25) is 0 Å². The summed E-state index contributed by atoms with van der Waals surface area (Å²) in [5, 5.41) is -0.785. The molecule has 0 aromatic carbocycles. The molecule has 1 heterocycles. The molecule has 84 valence electrons. The van der Waals surface area contributed by atoms with Crippen molar-refractivity contribution in [2.24, 2.45) is 0 Å². The van der Waals surface area contributed by atoms with Crippen LogP contribution in [0.4, 0.5) is 13.2 Å². The molecule has 0 bridgehead atoms. The van der Waals surface area contributed by atoms with Crippen molar-refractivity contribution in [2.75, 3.05) is 0 Å². The van der Waals surface area contributed by atoms with Gasteiger partial charge in [-0.05, 0) is 0 Å². The molecular formula is C6H2Cl2F3NO2S. The van der Waals surface area contributed by atoms with Gasteiger partial charge in [0.25, 0.3) is 15.5 Å². The summed E-state index contributed by atoms with van der Waals surface area (Å²) in [6.07, 6.45) is -2.75. The first-order chi connectivity index (χ1) is 6.75. The third kappa shape index (κ3) is 2.53. The SMILES string of the molecule is O=S(=O)(Cl)c1c(Cl)ncc(C(F)F)c1F. The molecule has 0 radical (unpaired) electrons. The highest BCUT2D eigenvalue weighted by Crippen LogP contribution is 2.31. The van der Waals surface area contributed by atoms with Crippen LogP contribution in [-0.2, 0) is 9.05 Å². The number of halogens is 5. The lowest BCUT2D eigenvalue weighted by atomic mass is 10.3. The van der Waals surface area contributed by atoms with E-state index < -0.39 is 36.9 Å². The molecule has 0 atom stereocenters. The second-order valence-corrected chi connectivity index (χ2v) is 5.25. The second kappa shape index (κ2) is 4.15. The van der Waals surface area contributed by atoms with Crippen LogP contribution in [0.5, 0.6) is 0 Å². The highest BCUT2D eigenvalue weighted by Gasteiger charge is 2.27. The Morgan fingerprint density at radius 1 is 1.40 bits per heavy atom. The predicted molar refractivity (Wildman–Crippen MR) is 47.2 cm³/mol. The fourth-order valence-electron chi connectivity index (χ4n) is 0.823. The average molecular weight is 280 g/mol. The number of hydrogen-bond acceptors (Lipinski definition) is 3. The Labute approximate surface area is 92.2 Å².